The minimum Gasteiger partial charge on any atom is -0.455 e. The Hall–Kier alpha value is -1.29. The van der Waals surface area contributed by atoms with E-state index in [1.807, 2.05) is 13.8 Å². The molecule has 5 heteroatoms. The van der Waals surface area contributed by atoms with Crippen molar-refractivity contribution >= 4 is 23.2 Å². The SMILES string of the molecule is CC(C)NCc1c(F)cccc1Oc1cccc(Cl)c1Cl. The highest BCUT2D eigenvalue weighted by molar-refractivity contribution is 6.42. The standard InChI is InChI=1S/C16H16Cl2FNO/c1-10(2)20-9-11-13(19)6-4-7-14(11)21-15-8-3-5-12(17)16(15)18/h3-8,10,20H,9H2,1-2H3. The lowest BCUT2D eigenvalue weighted by atomic mass is 10.1. The first-order chi connectivity index (χ1) is 9.99. The van der Waals surface area contributed by atoms with Gasteiger partial charge in [0.25, 0.3) is 0 Å². The van der Waals surface area contributed by atoms with Crippen molar-refractivity contribution in [3.05, 3.63) is 57.8 Å². The molecule has 0 bridgehead atoms. The summed E-state index contributed by atoms with van der Waals surface area (Å²) in [6.07, 6.45) is 0. The number of nitrogens with one attached hydrogen (secondary N) is 1. The summed E-state index contributed by atoms with van der Waals surface area (Å²) in [5.41, 5.74) is 0.460. The molecule has 0 saturated heterocycles. The van der Waals surface area contributed by atoms with Gasteiger partial charge in [-0.3, -0.25) is 0 Å². The molecular weight excluding hydrogens is 312 g/mol. The van der Waals surface area contributed by atoms with Crippen molar-refractivity contribution in [2.24, 2.45) is 0 Å². The molecule has 2 nitrogen and oxygen atoms in total. The van der Waals surface area contributed by atoms with E-state index in [1.54, 1.807) is 30.3 Å². The Balaban J connectivity index is 2.31. The summed E-state index contributed by atoms with van der Waals surface area (Å²) in [6.45, 7) is 4.36. The van der Waals surface area contributed by atoms with Gasteiger partial charge < -0.3 is 10.1 Å². The van der Waals surface area contributed by atoms with Crippen LogP contribution in [0.15, 0.2) is 36.4 Å². The lowest BCUT2D eigenvalue weighted by Crippen LogP contribution is -2.22. The average Bonchev–Trinajstić information content (AvgIpc) is 2.43. The molecule has 21 heavy (non-hydrogen) atoms. The lowest BCUT2D eigenvalue weighted by molar-refractivity contribution is 0.458. The van der Waals surface area contributed by atoms with E-state index >= 15 is 0 Å². The Bertz CT molecular complexity index is 632. The van der Waals surface area contributed by atoms with Crippen LogP contribution in [0.4, 0.5) is 4.39 Å². The highest BCUT2D eigenvalue weighted by Gasteiger charge is 2.13. The average molecular weight is 328 g/mol. The molecule has 0 atom stereocenters. The van der Waals surface area contributed by atoms with Crippen LogP contribution >= 0.6 is 23.2 Å². The Labute approximate surface area is 133 Å². The molecule has 0 aliphatic rings. The van der Waals surface area contributed by atoms with Gasteiger partial charge in [-0.05, 0) is 24.3 Å². The van der Waals surface area contributed by atoms with Gasteiger partial charge in [0, 0.05) is 18.2 Å². The van der Waals surface area contributed by atoms with Crippen LogP contribution in [0, 0.1) is 5.82 Å². The van der Waals surface area contributed by atoms with Crippen LogP contribution in [0.1, 0.15) is 19.4 Å². The summed E-state index contributed by atoms with van der Waals surface area (Å²) in [6, 6.07) is 10.0. The molecule has 0 heterocycles. The number of rotatable bonds is 5. The van der Waals surface area contributed by atoms with Crippen LogP contribution in [-0.2, 0) is 6.54 Å². The minimum atomic E-state index is -0.321. The molecule has 0 saturated carbocycles. The highest BCUT2D eigenvalue weighted by atomic mass is 35.5. The van der Waals surface area contributed by atoms with Gasteiger partial charge in [0.15, 0.2) is 0 Å². The molecule has 0 amide bonds. The Morgan fingerprint density at radius 2 is 1.76 bits per heavy atom. The molecule has 1 N–H and O–H groups in total. The van der Waals surface area contributed by atoms with E-state index in [2.05, 4.69) is 5.32 Å². The first-order valence-corrected chi connectivity index (χ1v) is 7.37. The maximum absolute atomic E-state index is 14.0. The van der Waals surface area contributed by atoms with Crippen molar-refractivity contribution in [3.63, 3.8) is 0 Å². The Morgan fingerprint density at radius 1 is 1.10 bits per heavy atom. The fourth-order valence-corrected chi connectivity index (χ4v) is 2.12. The predicted molar refractivity (Wildman–Crippen MR) is 84.9 cm³/mol. The fraction of sp³-hybridized carbons (Fsp3) is 0.250. The number of ether oxygens (including phenoxy) is 1. The second kappa shape index (κ2) is 7.12. The molecule has 0 spiro atoms. The Morgan fingerprint density at radius 3 is 2.48 bits per heavy atom. The third-order valence-corrected chi connectivity index (χ3v) is 3.70. The van der Waals surface area contributed by atoms with E-state index in [0.717, 1.165) is 0 Å². The summed E-state index contributed by atoms with van der Waals surface area (Å²) < 4.78 is 19.7. The summed E-state index contributed by atoms with van der Waals surface area (Å²) in [5, 5.41) is 3.88. The first kappa shape index (κ1) is 16.1. The smallest absolute Gasteiger partial charge is 0.147 e. The van der Waals surface area contributed by atoms with Crippen LogP contribution in [0.3, 0.4) is 0 Å². The Kier molecular flexibility index (Phi) is 5.45. The van der Waals surface area contributed by atoms with Crippen molar-refractivity contribution in [2.75, 3.05) is 0 Å². The van der Waals surface area contributed by atoms with Crippen LogP contribution < -0.4 is 10.1 Å². The van der Waals surface area contributed by atoms with Crippen LogP contribution in [0.25, 0.3) is 0 Å². The first-order valence-electron chi connectivity index (χ1n) is 6.61. The van der Waals surface area contributed by atoms with Crippen LogP contribution in [0.2, 0.25) is 10.0 Å². The molecule has 0 fully saturated rings. The molecule has 2 aromatic rings. The van der Waals surface area contributed by atoms with Gasteiger partial charge in [0.2, 0.25) is 0 Å². The molecule has 0 radical (unpaired) electrons. The topological polar surface area (TPSA) is 21.3 Å². The maximum atomic E-state index is 14.0. The van der Waals surface area contributed by atoms with E-state index in [4.69, 9.17) is 27.9 Å². The van der Waals surface area contributed by atoms with Gasteiger partial charge in [-0.15, -0.1) is 0 Å². The molecule has 112 valence electrons. The number of halogens is 3. The highest BCUT2D eigenvalue weighted by Crippen LogP contribution is 2.36. The largest absolute Gasteiger partial charge is 0.455 e. The number of benzene rings is 2. The van der Waals surface area contributed by atoms with Gasteiger partial charge in [-0.2, -0.15) is 0 Å². The summed E-state index contributed by atoms with van der Waals surface area (Å²) >= 11 is 12.1. The summed E-state index contributed by atoms with van der Waals surface area (Å²) in [7, 11) is 0. The van der Waals surface area contributed by atoms with Crippen molar-refractivity contribution < 1.29 is 9.13 Å². The van der Waals surface area contributed by atoms with E-state index < -0.39 is 0 Å². The molecular formula is C16H16Cl2FNO. The zero-order valence-corrected chi connectivity index (χ0v) is 13.3. The van der Waals surface area contributed by atoms with E-state index in [1.165, 1.54) is 6.07 Å². The van der Waals surface area contributed by atoms with E-state index in [9.17, 15) is 4.39 Å². The fourth-order valence-electron chi connectivity index (χ4n) is 1.79. The predicted octanol–water partition coefficient (Wildman–Crippen LogP) is 5.42. The van der Waals surface area contributed by atoms with E-state index in [-0.39, 0.29) is 11.9 Å². The molecule has 2 aromatic carbocycles. The van der Waals surface area contributed by atoms with E-state index in [0.29, 0.717) is 33.7 Å². The second-order valence-electron chi connectivity index (χ2n) is 4.91. The zero-order chi connectivity index (χ0) is 15.4. The monoisotopic (exact) mass is 327 g/mol. The van der Waals surface area contributed by atoms with Crippen LogP contribution in [-0.4, -0.2) is 6.04 Å². The van der Waals surface area contributed by atoms with Gasteiger partial charge in [-0.1, -0.05) is 49.2 Å². The van der Waals surface area contributed by atoms with Gasteiger partial charge in [0.1, 0.15) is 22.3 Å². The third-order valence-electron chi connectivity index (χ3n) is 2.90. The van der Waals surface area contributed by atoms with Gasteiger partial charge in [-0.25, -0.2) is 4.39 Å². The van der Waals surface area contributed by atoms with Gasteiger partial charge in [0.05, 0.1) is 5.02 Å². The normalized spacial score (nSPS) is 11.0. The zero-order valence-electron chi connectivity index (χ0n) is 11.8. The van der Waals surface area contributed by atoms with Crippen molar-refractivity contribution in [1.29, 1.82) is 0 Å². The van der Waals surface area contributed by atoms with Crippen molar-refractivity contribution in [1.82, 2.24) is 5.32 Å². The maximum Gasteiger partial charge on any atom is 0.147 e. The molecule has 0 aromatic heterocycles. The molecule has 2 rings (SSSR count). The van der Waals surface area contributed by atoms with Crippen molar-refractivity contribution in [2.45, 2.75) is 26.4 Å². The molecule has 0 aliphatic heterocycles. The quantitative estimate of drug-likeness (QED) is 0.791. The summed E-state index contributed by atoms with van der Waals surface area (Å²) in [4.78, 5) is 0. The molecule has 0 unspecified atom stereocenters. The minimum absolute atomic E-state index is 0.243. The summed E-state index contributed by atoms with van der Waals surface area (Å²) in [5.74, 6) is 0.506. The number of hydrogen-bond donors (Lipinski definition) is 1. The third kappa shape index (κ3) is 4.10. The van der Waals surface area contributed by atoms with Crippen LogP contribution in [0.5, 0.6) is 11.5 Å². The lowest BCUT2D eigenvalue weighted by Gasteiger charge is -2.15. The number of hydrogen-bond acceptors (Lipinski definition) is 2. The van der Waals surface area contributed by atoms with Gasteiger partial charge >= 0.3 is 0 Å². The van der Waals surface area contributed by atoms with Crippen molar-refractivity contribution in [3.8, 4) is 11.5 Å². The second-order valence-corrected chi connectivity index (χ2v) is 5.69. The molecule has 0 aliphatic carbocycles.